The number of benzene rings is 2. The molecule has 0 spiro atoms. The van der Waals surface area contributed by atoms with Crippen molar-refractivity contribution >= 4 is 11.9 Å². The molecule has 1 amide bonds. The Labute approximate surface area is 164 Å². The molecule has 0 bridgehead atoms. The molecular weight excluding hydrogens is 356 g/mol. The summed E-state index contributed by atoms with van der Waals surface area (Å²) in [6, 6.07) is 16.4. The molecular formula is C22H22N2O4. The third kappa shape index (κ3) is 4.89. The highest BCUT2D eigenvalue weighted by molar-refractivity contribution is 5.84. The quantitative estimate of drug-likeness (QED) is 0.781. The fraction of sp³-hybridized carbons (Fsp3) is 0.318. The predicted molar refractivity (Wildman–Crippen MR) is 102 cm³/mol. The standard InChI is InChI=1S/C22H22N2O4/c1-15(28-21(25)14-27-18-11-9-16(13-23)10-12-18)22(26)24-20-8-4-6-17-5-2-3-7-19(17)20/h2-3,5,7,9-12,15,20H,4,6,8,14H2,1H3,(H,24,26)/t15-,20-/m0/s1. The van der Waals surface area contributed by atoms with Crippen LogP contribution in [0, 0.1) is 11.3 Å². The van der Waals surface area contributed by atoms with Crippen LogP contribution in [0.3, 0.4) is 0 Å². The fourth-order valence-corrected chi connectivity index (χ4v) is 3.25. The SMILES string of the molecule is C[C@H](OC(=O)COc1ccc(C#N)cc1)C(=O)N[C@H]1CCCc2ccccc21. The molecule has 0 radical (unpaired) electrons. The zero-order valence-electron chi connectivity index (χ0n) is 15.7. The van der Waals surface area contributed by atoms with E-state index in [0.29, 0.717) is 11.3 Å². The van der Waals surface area contributed by atoms with E-state index in [4.69, 9.17) is 14.7 Å². The van der Waals surface area contributed by atoms with Crippen LogP contribution in [-0.4, -0.2) is 24.6 Å². The molecule has 2 aromatic rings. The van der Waals surface area contributed by atoms with Gasteiger partial charge in [0.25, 0.3) is 5.91 Å². The average Bonchev–Trinajstić information content (AvgIpc) is 2.73. The number of hydrogen-bond donors (Lipinski definition) is 1. The van der Waals surface area contributed by atoms with Gasteiger partial charge in [-0.25, -0.2) is 4.79 Å². The summed E-state index contributed by atoms with van der Waals surface area (Å²) in [5, 5.41) is 11.7. The molecule has 28 heavy (non-hydrogen) atoms. The van der Waals surface area contributed by atoms with Crippen molar-refractivity contribution in [3.05, 3.63) is 65.2 Å². The summed E-state index contributed by atoms with van der Waals surface area (Å²) in [5.41, 5.74) is 2.88. The molecule has 6 heteroatoms. The van der Waals surface area contributed by atoms with Crippen LogP contribution in [0.2, 0.25) is 0 Å². The Kier molecular flexibility index (Phi) is 6.28. The maximum Gasteiger partial charge on any atom is 0.344 e. The van der Waals surface area contributed by atoms with E-state index in [2.05, 4.69) is 11.4 Å². The number of nitrogens with zero attached hydrogens (tertiary/aromatic N) is 1. The van der Waals surface area contributed by atoms with Gasteiger partial charge in [-0.1, -0.05) is 24.3 Å². The van der Waals surface area contributed by atoms with E-state index in [9.17, 15) is 9.59 Å². The number of fused-ring (bicyclic) bond motifs is 1. The molecule has 0 aromatic heterocycles. The molecule has 0 saturated heterocycles. The third-order valence-electron chi connectivity index (χ3n) is 4.70. The van der Waals surface area contributed by atoms with Crippen LogP contribution in [0.5, 0.6) is 5.75 Å². The van der Waals surface area contributed by atoms with Gasteiger partial charge >= 0.3 is 5.97 Å². The molecule has 2 atom stereocenters. The van der Waals surface area contributed by atoms with Crippen LogP contribution < -0.4 is 10.1 Å². The van der Waals surface area contributed by atoms with E-state index in [1.807, 2.05) is 24.3 Å². The van der Waals surface area contributed by atoms with Crippen LogP contribution in [0.15, 0.2) is 48.5 Å². The van der Waals surface area contributed by atoms with Crippen LogP contribution in [-0.2, 0) is 20.7 Å². The maximum absolute atomic E-state index is 12.4. The van der Waals surface area contributed by atoms with E-state index in [1.54, 1.807) is 31.2 Å². The van der Waals surface area contributed by atoms with Gasteiger partial charge in [-0.3, -0.25) is 4.79 Å². The number of ether oxygens (including phenoxy) is 2. The van der Waals surface area contributed by atoms with E-state index >= 15 is 0 Å². The van der Waals surface area contributed by atoms with Crippen molar-refractivity contribution in [2.24, 2.45) is 0 Å². The Morgan fingerprint density at radius 2 is 1.96 bits per heavy atom. The second-order valence-electron chi connectivity index (χ2n) is 6.71. The molecule has 0 heterocycles. The van der Waals surface area contributed by atoms with E-state index < -0.39 is 12.1 Å². The van der Waals surface area contributed by atoms with Crippen LogP contribution >= 0.6 is 0 Å². The third-order valence-corrected chi connectivity index (χ3v) is 4.70. The van der Waals surface area contributed by atoms with Gasteiger partial charge in [-0.05, 0) is 61.6 Å². The lowest BCUT2D eigenvalue weighted by Gasteiger charge is -2.27. The van der Waals surface area contributed by atoms with Gasteiger partial charge < -0.3 is 14.8 Å². The van der Waals surface area contributed by atoms with Crippen LogP contribution in [0.4, 0.5) is 0 Å². The zero-order valence-corrected chi connectivity index (χ0v) is 15.7. The zero-order chi connectivity index (χ0) is 19.9. The molecule has 0 saturated carbocycles. The van der Waals surface area contributed by atoms with Crippen molar-refractivity contribution in [2.45, 2.75) is 38.3 Å². The molecule has 3 rings (SSSR count). The molecule has 0 unspecified atom stereocenters. The summed E-state index contributed by atoms with van der Waals surface area (Å²) < 4.78 is 10.5. The Hall–Kier alpha value is -3.33. The van der Waals surface area contributed by atoms with Crippen molar-refractivity contribution < 1.29 is 19.1 Å². The van der Waals surface area contributed by atoms with Crippen LogP contribution in [0.25, 0.3) is 0 Å². The van der Waals surface area contributed by atoms with E-state index in [1.165, 1.54) is 5.56 Å². The van der Waals surface area contributed by atoms with Crippen molar-refractivity contribution in [3.63, 3.8) is 0 Å². The number of rotatable bonds is 6. The molecule has 1 N–H and O–H groups in total. The summed E-state index contributed by atoms with van der Waals surface area (Å²) in [6.07, 6.45) is 1.98. The smallest absolute Gasteiger partial charge is 0.344 e. The largest absolute Gasteiger partial charge is 0.482 e. The molecule has 0 fully saturated rings. The van der Waals surface area contributed by atoms with Gasteiger partial charge in [-0.2, -0.15) is 5.26 Å². The number of hydrogen-bond acceptors (Lipinski definition) is 5. The molecule has 2 aromatic carbocycles. The first kappa shape index (κ1) is 19.4. The van der Waals surface area contributed by atoms with Gasteiger partial charge in [-0.15, -0.1) is 0 Å². The van der Waals surface area contributed by atoms with Crippen molar-refractivity contribution in [3.8, 4) is 11.8 Å². The lowest BCUT2D eigenvalue weighted by atomic mass is 9.87. The summed E-state index contributed by atoms with van der Waals surface area (Å²) in [6.45, 7) is 1.24. The van der Waals surface area contributed by atoms with Crippen LogP contribution in [0.1, 0.15) is 42.5 Å². The second kappa shape index (κ2) is 9.05. The summed E-state index contributed by atoms with van der Waals surface area (Å²) in [5.74, 6) is -0.503. The topological polar surface area (TPSA) is 88.4 Å². The van der Waals surface area contributed by atoms with Crippen molar-refractivity contribution in [2.75, 3.05) is 6.61 Å². The molecule has 1 aliphatic rings. The summed E-state index contributed by atoms with van der Waals surface area (Å²) in [7, 11) is 0. The first-order chi connectivity index (χ1) is 13.6. The normalized spacial score (nSPS) is 16.2. The van der Waals surface area contributed by atoms with Gasteiger partial charge in [0.1, 0.15) is 5.75 Å². The highest BCUT2D eigenvalue weighted by atomic mass is 16.6. The minimum atomic E-state index is -0.911. The molecule has 144 valence electrons. The Balaban J connectivity index is 1.48. The minimum Gasteiger partial charge on any atom is -0.482 e. The fourth-order valence-electron chi connectivity index (χ4n) is 3.25. The lowest BCUT2D eigenvalue weighted by molar-refractivity contribution is -0.156. The van der Waals surface area contributed by atoms with E-state index in [0.717, 1.165) is 24.8 Å². The number of amides is 1. The number of aryl methyl sites for hydroxylation is 1. The van der Waals surface area contributed by atoms with Crippen molar-refractivity contribution in [1.29, 1.82) is 5.26 Å². The summed E-state index contributed by atoms with van der Waals surface area (Å²) >= 11 is 0. The first-order valence-electron chi connectivity index (χ1n) is 9.27. The molecule has 0 aliphatic heterocycles. The van der Waals surface area contributed by atoms with Gasteiger partial charge in [0, 0.05) is 0 Å². The molecule has 1 aliphatic carbocycles. The Bertz CT molecular complexity index is 886. The number of esters is 1. The highest BCUT2D eigenvalue weighted by Gasteiger charge is 2.25. The van der Waals surface area contributed by atoms with E-state index in [-0.39, 0.29) is 18.6 Å². The number of nitrogens with one attached hydrogen (secondary N) is 1. The monoisotopic (exact) mass is 378 g/mol. The maximum atomic E-state index is 12.4. The first-order valence-corrected chi connectivity index (χ1v) is 9.27. The summed E-state index contributed by atoms with van der Waals surface area (Å²) in [4.78, 5) is 24.4. The highest BCUT2D eigenvalue weighted by Crippen LogP contribution is 2.29. The Morgan fingerprint density at radius 1 is 1.21 bits per heavy atom. The number of nitriles is 1. The Morgan fingerprint density at radius 3 is 2.71 bits per heavy atom. The lowest BCUT2D eigenvalue weighted by Crippen LogP contribution is -2.39. The number of carbonyl (C=O) groups excluding carboxylic acids is 2. The predicted octanol–water partition coefficient (Wildman–Crippen LogP) is 3.06. The van der Waals surface area contributed by atoms with Gasteiger partial charge in [0.2, 0.25) is 0 Å². The minimum absolute atomic E-state index is 0.0616. The number of carbonyl (C=O) groups is 2. The molecule has 6 nitrogen and oxygen atoms in total. The average molecular weight is 378 g/mol. The van der Waals surface area contributed by atoms with Crippen molar-refractivity contribution in [1.82, 2.24) is 5.32 Å². The second-order valence-corrected chi connectivity index (χ2v) is 6.71. The van der Waals surface area contributed by atoms with Gasteiger partial charge in [0.05, 0.1) is 17.7 Å². The van der Waals surface area contributed by atoms with Gasteiger partial charge in [0.15, 0.2) is 12.7 Å².